The molecule has 0 saturated carbocycles. The van der Waals surface area contributed by atoms with E-state index < -0.39 is 11.5 Å². The van der Waals surface area contributed by atoms with Crippen LogP contribution in [-0.2, 0) is 4.79 Å². The van der Waals surface area contributed by atoms with E-state index in [2.05, 4.69) is 22.6 Å². The van der Waals surface area contributed by atoms with Crippen molar-refractivity contribution < 1.29 is 14.7 Å². The summed E-state index contributed by atoms with van der Waals surface area (Å²) in [6, 6.07) is 4.95. The number of halogens is 2. The van der Waals surface area contributed by atoms with Gasteiger partial charge in [-0.3, -0.25) is 9.59 Å². The van der Waals surface area contributed by atoms with Crippen LogP contribution in [-0.4, -0.2) is 34.0 Å². The van der Waals surface area contributed by atoms with Crippen molar-refractivity contribution in [1.82, 2.24) is 4.90 Å². The second kappa shape index (κ2) is 6.09. The second-order valence-corrected chi connectivity index (χ2v) is 6.65. The number of hydrogen-bond donors (Lipinski definition) is 1. The molecule has 104 valence electrons. The van der Waals surface area contributed by atoms with Gasteiger partial charge in [0.15, 0.2) is 0 Å². The number of carboxylic acid groups (broad SMARTS) is 1. The molecule has 1 aromatic rings. The number of aliphatic carboxylic acids is 1. The minimum absolute atomic E-state index is 0.340. The van der Waals surface area contributed by atoms with Crippen LogP contribution in [0.2, 0.25) is 5.02 Å². The van der Waals surface area contributed by atoms with Crippen molar-refractivity contribution in [2.75, 3.05) is 6.54 Å². The Balaban J connectivity index is 3.12. The third-order valence-electron chi connectivity index (χ3n) is 2.51. The van der Waals surface area contributed by atoms with Crippen molar-refractivity contribution in [2.45, 2.75) is 26.3 Å². The number of carbonyl (C=O) groups is 2. The first-order valence-electron chi connectivity index (χ1n) is 5.61. The topological polar surface area (TPSA) is 57.6 Å². The van der Waals surface area contributed by atoms with Gasteiger partial charge in [0, 0.05) is 14.7 Å². The molecule has 0 fully saturated rings. The van der Waals surface area contributed by atoms with E-state index in [0.29, 0.717) is 10.6 Å². The molecule has 0 saturated heterocycles. The molecule has 0 bridgehead atoms. The van der Waals surface area contributed by atoms with E-state index in [1.165, 1.54) is 4.90 Å². The lowest BCUT2D eigenvalue weighted by atomic mass is 10.0. The Bertz CT molecular complexity index is 511. The third-order valence-corrected chi connectivity index (χ3v) is 4.09. The molecule has 1 N–H and O–H groups in total. The van der Waals surface area contributed by atoms with Gasteiger partial charge in [0.1, 0.15) is 6.54 Å². The van der Waals surface area contributed by atoms with E-state index in [1.807, 2.05) is 0 Å². The molecule has 0 atom stereocenters. The zero-order valence-electron chi connectivity index (χ0n) is 10.9. The van der Waals surface area contributed by atoms with Crippen LogP contribution in [0.1, 0.15) is 31.1 Å². The fourth-order valence-corrected chi connectivity index (χ4v) is 2.05. The number of nitrogens with zero attached hydrogens (tertiary/aromatic N) is 1. The van der Waals surface area contributed by atoms with E-state index in [4.69, 9.17) is 16.7 Å². The number of carboxylic acids is 1. The normalized spacial score (nSPS) is 11.2. The van der Waals surface area contributed by atoms with Gasteiger partial charge < -0.3 is 10.0 Å². The van der Waals surface area contributed by atoms with Gasteiger partial charge in [0.05, 0.1) is 5.02 Å². The molecule has 0 aromatic heterocycles. The molecule has 0 unspecified atom stereocenters. The molecule has 1 amide bonds. The Morgan fingerprint density at radius 3 is 2.37 bits per heavy atom. The number of hydrogen-bond acceptors (Lipinski definition) is 2. The minimum Gasteiger partial charge on any atom is -0.480 e. The van der Waals surface area contributed by atoms with Crippen LogP contribution in [0.25, 0.3) is 0 Å². The first-order valence-corrected chi connectivity index (χ1v) is 7.07. The largest absolute Gasteiger partial charge is 0.480 e. The van der Waals surface area contributed by atoms with Crippen molar-refractivity contribution in [1.29, 1.82) is 0 Å². The van der Waals surface area contributed by atoms with Crippen LogP contribution >= 0.6 is 34.2 Å². The maximum absolute atomic E-state index is 12.4. The highest BCUT2D eigenvalue weighted by atomic mass is 127. The molecule has 0 aliphatic heterocycles. The Morgan fingerprint density at radius 2 is 1.95 bits per heavy atom. The molecular weight excluding hydrogens is 381 g/mol. The molecule has 0 radical (unpaired) electrons. The van der Waals surface area contributed by atoms with Crippen molar-refractivity contribution in [2.24, 2.45) is 0 Å². The zero-order chi connectivity index (χ0) is 14.8. The lowest BCUT2D eigenvalue weighted by Crippen LogP contribution is -2.48. The van der Waals surface area contributed by atoms with Gasteiger partial charge in [-0.25, -0.2) is 0 Å². The predicted molar refractivity (Wildman–Crippen MR) is 82.6 cm³/mol. The van der Waals surface area contributed by atoms with Crippen molar-refractivity contribution >= 4 is 46.1 Å². The Morgan fingerprint density at radius 1 is 1.37 bits per heavy atom. The maximum atomic E-state index is 12.4. The van der Waals surface area contributed by atoms with Gasteiger partial charge in [-0.05, 0) is 61.6 Å². The summed E-state index contributed by atoms with van der Waals surface area (Å²) in [5.41, 5.74) is -0.188. The summed E-state index contributed by atoms with van der Waals surface area (Å²) in [5, 5.41) is 9.40. The average molecular weight is 396 g/mol. The van der Waals surface area contributed by atoms with Crippen LogP contribution < -0.4 is 0 Å². The van der Waals surface area contributed by atoms with E-state index >= 15 is 0 Å². The van der Waals surface area contributed by atoms with Gasteiger partial charge in [0.2, 0.25) is 0 Å². The molecule has 0 aliphatic carbocycles. The monoisotopic (exact) mass is 395 g/mol. The van der Waals surface area contributed by atoms with Gasteiger partial charge >= 0.3 is 5.97 Å². The van der Waals surface area contributed by atoms with Crippen LogP contribution in [0.5, 0.6) is 0 Å². The predicted octanol–water partition coefficient (Wildman–Crippen LogP) is 3.27. The number of rotatable bonds is 3. The minimum atomic E-state index is -1.04. The molecule has 0 heterocycles. The molecule has 1 aromatic carbocycles. The van der Waals surface area contributed by atoms with Gasteiger partial charge in [0.25, 0.3) is 5.91 Å². The summed E-state index contributed by atoms with van der Waals surface area (Å²) in [4.78, 5) is 24.6. The highest BCUT2D eigenvalue weighted by Gasteiger charge is 2.29. The standard InChI is InChI=1S/C13H15ClINO3/c1-13(2,3)16(7-11(17)18)12(19)8-4-5-10(15)9(14)6-8/h4-6H,7H2,1-3H3,(H,17,18). The summed E-state index contributed by atoms with van der Waals surface area (Å²) in [6.07, 6.45) is 0. The second-order valence-electron chi connectivity index (χ2n) is 5.08. The van der Waals surface area contributed by atoms with E-state index in [0.717, 1.165) is 3.57 Å². The lowest BCUT2D eigenvalue weighted by molar-refractivity contribution is -0.138. The fourth-order valence-electron chi connectivity index (χ4n) is 1.53. The molecule has 0 spiro atoms. The molecule has 4 nitrogen and oxygen atoms in total. The van der Waals surface area contributed by atoms with Gasteiger partial charge in [-0.2, -0.15) is 0 Å². The third kappa shape index (κ3) is 4.35. The summed E-state index contributed by atoms with van der Waals surface area (Å²) in [5.74, 6) is -1.38. The summed E-state index contributed by atoms with van der Waals surface area (Å²) >= 11 is 8.05. The van der Waals surface area contributed by atoms with E-state index in [-0.39, 0.29) is 12.5 Å². The first kappa shape index (κ1) is 16.2. The SMILES string of the molecule is CC(C)(C)N(CC(=O)O)C(=O)c1ccc(I)c(Cl)c1. The zero-order valence-corrected chi connectivity index (χ0v) is 13.8. The summed E-state index contributed by atoms with van der Waals surface area (Å²) in [6.45, 7) is 5.04. The first-order chi connectivity index (χ1) is 8.62. The van der Waals surface area contributed by atoms with Crippen molar-refractivity contribution in [3.8, 4) is 0 Å². The average Bonchev–Trinajstić information content (AvgIpc) is 2.27. The summed E-state index contributed by atoms with van der Waals surface area (Å²) < 4.78 is 0.844. The molecule has 19 heavy (non-hydrogen) atoms. The Hall–Kier alpha value is -0.820. The van der Waals surface area contributed by atoms with Crippen molar-refractivity contribution in [3.63, 3.8) is 0 Å². The molecule has 6 heteroatoms. The lowest BCUT2D eigenvalue weighted by Gasteiger charge is -2.34. The van der Waals surface area contributed by atoms with Crippen LogP contribution in [0.3, 0.4) is 0 Å². The maximum Gasteiger partial charge on any atom is 0.323 e. The molecule has 0 aliphatic rings. The van der Waals surface area contributed by atoms with Crippen LogP contribution in [0.15, 0.2) is 18.2 Å². The quantitative estimate of drug-likeness (QED) is 0.799. The smallest absolute Gasteiger partial charge is 0.323 e. The number of amides is 1. The summed E-state index contributed by atoms with van der Waals surface area (Å²) in [7, 11) is 0. The van der Waals surface area contributed by atoms with Gasteiger partial charge in [-0.1, -0.05) is 11.6 Å². The highest BCUT2D eigenvalue weighted by Crippen LogP contribution is 2.23. The Kier molecular flexibility index (Phi) is 5.20. The highest BCUT2D eigenvalue weighted by molar-refractivity contribution is 14.1. The van der Waals surface area contributed by atoms with Crippen molar-refractivity contribution in [3.05, 3.63) is 32.4 Å². The van der Waals surface area contributed by atoms with Crippen LogP contribution in [0, 0.1) is 3.57 Å². The molecule has 1 rings (SSSR count). The van der Waals surface area contributed by atoms with E-state index in [1.54, 1.807) is 39.0 Å². The molecular formula is C13H15ClINO3. The fraction of sp³-hybridized carbons (Fsp3) is 0.385. The Labute approximate surface area is 130 Å². The van der Waals surface area contributed by atoms with E-state index in [9.17, 15) is 9.59 Å². The number of carbonyl (C=O) groups excluding carboxylic acids is 1. The van der Waals surface area contributed by atoms with Crippen LogP contribution in [0.4, 0.5) is 0 Å². The van der Waals surface area contributed by atoms with Gasteiger partial charge in [-0.15, -0.1) is 0 Å². The number of benzene rings is 1.